The Kier molecular flexibility index (Phi) is 6.79. The van der Waals surface area contributed by atoms with Gasteiger partial charge in [0.2, 0.25) is 0 Å². The van der Waals surface area contributed by atoms with E-state index in [1.54, 1.807) is 24.6 Å². The minimum atomic E-state index is -0.901. The number of carbonyl (C=O) groups excluding carboxylic acids is 1. The number of nitrogens with one attached hydrogen (secondary N) is 1. The second kappa shape index (κ2) is 9.89. The van der Waals surface area contributed by atoms with Crippen LogP contribution in [0.1, 0.15) is 44.9 Å². The van der Waals surface area contributed by atoms with Gasteiger partial charge in [0, 0.05) is 21.7 Å². The summed E-state index contributed by atoms with van der Waals surface area (Å²) in [6.45, 7) is 9.86. The molecule has 0 saturated heterocycles. The molecule has 37 heavy (non-hydrogen) atoms. The number of H-pyrrole nitrogens is 1. The van der Waals surface area contributed by atoms with Crippen LogP contribution in [-0.4, -0.2) is 33.1 Å². The van der Waals surface area contributed by atoms with Crippen molar-refractivity contribution in [3.63, 3.8) is 0 Å². The van der Waals surface area contributed by atoms with Crippen molar-refractivity contribution >= 4 is 50.2 Å². The fourth-order valence-electron chi connectivity index (χ4n) is 4.44. The van der Waals surface area contributed by atoms with Crippen molar-refractivity contribution in [2.45, 2.75) is 46.3 Å². The number of halogens is 1. The predicted molar refractivity (Wildman–Crippen MR) is 150 cm³/mol. The maximum Gasteiger partial charge on any atom is 0.339 e. The molecule has 0 radical (unpaired) electrons. The first-order valence-electron chi connectivity index (χ1n) is 12.1. The lowest BCUT2D eigenvalue weighted by atomic mass is 9.91. The summed E-state index contributed by atoms with van der Waals surface area (Å²) in [5, 5.41) is 1.52. The number of imidazole rings is 1. The van der Waals surface area contributed by atoms with Gasteiger partial charge in [0.15, 0.2) is 6.10 Å². The summed E-state index contributed by atoms with van der Waals surface area (Å²) in [5.41, 5.74) is 6.65. The number of aryl methyl sites for hydroxylation is 1. The Morgan fingerprint density at radius 1 is 1.08 bits per heavy atom. The normalized spacial score (nSPS) is 12.8. The lowest BCUT2D eigenvalue weighted by Crippen LogP contribution is -2.29. The first-order valence-corrected chi connectivity index (χ1v) is 13.3. The van der Waals surface area contributed by atoms with Crippen molar-refractivity contribution in [2.75, 3.05) is 6.61 Å². The van der Waals surface area contributed by atoms with Gasteiger partial charge in [-0.15, -0.1) is 11.3 Å². The molecule has 1 atom stereocenters. The van der Waals surface area contributed by atoms with E-state index in [2.05, 4.69) is 16.0 Å². The zero-order chi connectivity index (χ0) is 26.3. The quantitative estimate of drug-likeness (QED) is 0.224. The monoisotopic (exact) mass is 533 g/mol. The van der Waals surface area contributed by atoms with Gasteiger partial charge >= 0.3 is 5.97 Å². The molecular weight excluding hydrogens is 506 g/mol. The van der Waals surface area contributed by atoms with E-state index >= 15 is 0 Å². The molecule has 5 aromatic rings. The maximum absolute atomic E-state index is 13.3. The van der Waals surface area contributed by atoms with Crippen molar-refractivity contribution in [1.29, 1.82) is 0 Å². The van der Waals surface area contributed by atoms with E-state index in [-0.39, 0.29) is 6.61 Å². The van der Waals surface area contributed by atoms with Crippen LogP contribution in [0.15, 0.2) is 54.9 Å². The Labute approximate surface area is 224 Å². The molecule has 0 fully saturated rings. The van der Waals surface area contributed by atoms with E-state index in [1.807, 2.05) is 70.2 Å². The van der Waals surface area contributed by atoms with Crippen LogP contribution in [0.2, 0.25) is 5.02 Å². The highest BCUT2D eigenvalue weighted by molar-refractivity contribution is 7.22. The summed E-state index contributed by atoms with van der Waals surface area (Å²) in [6, 6.07) is 15.7. The first-order chi connectivity index (χ1) is 17.6. The van der Waals surface area contributed by atoms with E-state index in [0.717, 1.165) is 54.1 Å². The summed E-state index contributed by atoms with van der Waals surface area (Å²) < 4.78 is 12.8. The molecule has 0 aliphatic heterocycles. The topological polar surface area (TPSA) is 77.1 Å². The van der Waals surface area contributed by atoms with E-state index < -0.39 is 17.7 Å². The summed E-state index contributed by atoms with van der Waals surface area (Å²) in [7, 11) is 0. The van der Waals surface area contributed by atoms with Gasteiger partial charge in [-0.25, -0.2) is 14.8 Å². The summed E-state index contributed by atoms with van der Waals surface area (Å²) in [4.78, 5) is 25.8. The molecule has 6 nitrogen and oxygen atoms in total. The van der Waals surface area contributed by atoms with Crippen LogP contribution >= 0.6 is 22.9 Å². The average Bonchev–Trinajstić information content (AvgIpc) is 3.48. The fourth-order valence-corrected chi connectivity index (χ4v) is 5.69. The van der Waals surface area contributed by atoms with Crippen LogP contribution in [0.3, 0.4) is 0 Å². The third kappa shape index (κ3) is 5.12. The Balaban J connectivity index is 1.78. The zero-order valence-electron chi connectivity index (χ0n) is 21.4. The van der Waals surface area contributed by atoms with Crippen molar-refractivity contribution < 1.29 is 14.3 Å². The van der Waals surface area contributed by atoms with E-state index in [9.17, 15) is 4.79 Å². The van der Waals surface area contributed by atoms with E-state index in [0.29, 0.717) is 5.02 Å². The summed E-state index contributed by atoms with van der Waals surface area (Å²) in [6.07, 6.45) is 0.785. The largest absolute Gasteiger partial charge is 0.464 e. The van der Waals surface area contributed by atoms with Gasteiger partial charge in [0.1, 0.15) is 5.01 Å². The predicted octanol–water partition coefficient (Wildman–Crippen LogP) is 7.89. The molecule has 0 aliphatic carbocycles. The molecule has 5 rings (SSSR count). The molecule has 0 saturated carbocycles. The van der Waals surface area contributed by atoms with Gasteiger partial charge in [-0.3, -0.25) is 0 Å². The number of carbonyl (C=O) groups is 1. The Morgan fingerprint density at radius 2 is 1.81 bits per heavy atom. The minimum absolute atomic E-state index is 0.265. The van der Waals surface area contributed by atoms with Crippen molar-refractivity contribution in [3.05, 3.63) is 71.0 Å². The maximum atomic E-state index is 13.3. The molecule has 0 spiro atoms. The molecule has 0 unspecified atom stereocenters. The van der Waals surface area contributed by atoms with Gasteiger partial charge < -0.3 is 14.5 Å². The second-order valence-electron chi connectivity index (χ2n) is 9.85. The molecule has 0 aliphatic rings. The molecular formula is C29H28ClN3O3S. The Morgan fingerprint density at radius 3 is 2.51 bits per heavy atom. The van der Waals surface area contributed by atoms with Crippen molar-refractivity contribution in [2.24, 2.45) is 0 Å². The summed E-state index contributed by atoms with van der Waals surface area (Å²) >= 11 is 7.82. The van der Waals surface area contributed by atoms with Crippen LogP contribution in [0, 0.1) is 6.92 Å². The smallest absolute Gasteiger partial charge is 0.339 e. The van der Waals surface area contributed by atoms with E-state index in [4.69, 9.17) is 26.1 Å². The van der Waals surface area contributed by atoms with Crippen molar-refractivity contribution in [1.82, 2.24) is 15.0 Å². The average molecular weight is 534 g/mol. The number of fused-ring (bicyclic) bond motifs is 2. The number of aromatic amines is 1. The van der Waals surface area contributed by atoms with Gasteiger partial charge in [-0.1, -0.05) is 23.7 Å². The second-order valence-corrected chi connectivity index (χ2v) is 11.3. The van der Waals surface area contributed by atoms with Crippen LogP contribution in [0.25, 0.3) is 42.9 Å². The van der Waals surface area contributed by atoms with Gasteiger partial charge in [0.25, 0.3) is 0 Å². The number of aromatic nitrogens is 3. The van der Waals surface area contributed by atoms with Crippen LogP contribution < -0.4 is 0 Å². The van der Waals surface area contributed by atoms with Gasteiger partial charge in [0.05, 0.1) is 39.8 Å². The first kappa shape index (κ1) is 25.4. The molecule has 2 aromatic heterocycles. The van der Waals surface area contributed by atoms with Gasteiger partial charge in [-0.2, -0.15) is 0 Å². The molecule has 3 aromatic carbocycles. The Hall–Kier alpha value is -3.26. The third-order valence-corrected chi connectivity index (χ3v) is 7.35. The van der Waals surface area contributed by atoms with Crippen LogP contribution in [-0.2, 0) is 14.3 Å². The zero-order valence-corrected chi connectivity index (χ0v) is 23.0. The van der Waals surface area contributed by atoms with Crippen molar-refractivity contribution in [3.8, 4) is 21.7 Å². The summed E-state index contributed by atoms with van der Waals surface area (Å²) in [5.74, 6) is -0.412. The highest BCUT2D eigenvalue weighted by atomic mass is 35.5. The fraction of sp³-hybridized carbons (Fsp3) is 0.276. The molecule has 0 bridgehead atoms. The van der Waals surface area contributed by atoms with E-state index in [1.165, 1.54) is 0 Å². The minimum Gasteiger partial charge on any atom is -0.464 e. The number of rotatable bonds is 6. The number of benzene rings is 3. The molecule has 8 heteroatoms. The molecule has 190 valence electrons. The molecule has 2 heterocycles. The number of ether oxygens (including phenoxy) is 2. The number of hydrogen-bond donors (Lipinski definition) is 1. The SMILES string of the molecule is CCOC(=O)[C@@H](OC(C)(C)C)c1c(C)cc2nc(-c3ccc4nc[nH]c4c3)sc2c1-c1ccc(Cl)cc1. The molecule has 1 N–H and O–H groups in total. The third-order valence-electron chi connectivity index (χ3n) is 5.96. The highest BCUT2D eigenvalue weighted by Crippen LogP contribution is 2.44. The van der Waals surface area contributed by atoms with Crippen LogP contribution in [0.5, 0.6) is 0 Å². The van der Waals surface area contributed by atoms with Crippen LogP contribution in [0.4, 0.5) is 0 Å². The lowest BCUT2D eigenvalue weighted by molar-refractivity contribution is -0.166. The van der Waals surface area contributed by atoms with Gasteiger partial charge in [-0.05, 0) is 82.1 Å². The Bertz CT molecular complexity index is 1600. The standard InChI is InChI=1S/C29H28ClN3O3S/c1-6-35-28(34)25(36-29(3,4)5)23-16(2)13-22-26(24(23)17-7-10-19(30)11-8-17)37-27(33-22)18-9-12-20-21(14-18)32-15-31-20/h7-15,25H,6H2,1-5H3,(H,31,32)/t25-/m0/s1. The lowest BCUT2D eigenvalue weighted by Gasteiger charge is -2.29. The number of nitrogens with zero attached hydrogens (tertiary/aromatic N) is 2. The number of esters is 1. The molecule has 0 amide bonds. The number of thiazole rings is 1. The highest BCUT2D eigenvalue weighted by Gasteiger charge is 2.33. The number of hydrogen-bond acceptors (Lipinski definition) is 6.